The maximum absolute atomic E-state index is 12.9. The fourth-order valence-corrected chi connectivity index (χ4v) is 4.44. The minimum atomic E-state index is -0.250. The standard InChI is InChI=1S/C21H26N4O2.CH2O2/c1-23(2)13-17-3-4-19-18-9-16(12-25(19)21(17)27)11-24(14-18)20(26)10-15-5-7-22-8-6-15;2-1-3/h3-8,16,18H,9-14H2,1-2H3;1H,(H,2,3)/t16-,18+;/m0./s1. The van der Waals surface area contributed by atoms with E-state index >= 15 is 0 Å². The highest BCUT2D eigenvalue weighted by atomic mass is 16.3. The second-order valence-corrected chi connectivity index (χ2v) is 8.17. The molecule has 2 aliphatic heterocycles. The molecule has 2 aromatic heterocycles. The number of carbonyl (C=O) groups is 2. The predicted octanol–water partition coefficient (Wildman–Crippen LogP) is 1.19. The van der Waals surface area contributed by atoms with E-state index < -0.39 is 0 Å². The Morgan fingerprint density at radius 1 is 1.20 bits per heavy atom. The van der Waals surface area contributed by atoms with Gasteiger partial charge in [0.05, 0.1) is 6.42 Å². The number of likely N-dealkylation sites (tertiary alicyclic amines) is 1. The van der Waals surface area contributed by atoms with Crippen LogP contribution in [-0.2, 0) is 29.1 Å². The van der Waals surface area contributed by atoms with Crippen molar-refractivity contribution in [3.05, 3.63) is 63.8 Å². The Morgan fingerprint density at radius 3 is 2.57 bits per heavy atom. The average molecular weight is 412 g/mol. The van der Waals surface area contributed by atoms with Crippen molar-refractivity contribution >= 4 is 12.4 Å². The van der Waals surface area contributed by atoms with E-state index in [1.165, 1.54) is 0 Å². The largest absolute Gasteiger partial charge is 0.483 e. The van der Waals surface area contributed by atoms with Gasteiger partial charge in [-0.25, -0.2) is 0 Å². The lowest BCUT2D eigenvalue weighted by molar-refractivity contribution is -0.133. The SMILES string of the molecule is CN(C)Cc1ccc2n(c1=O)C[C@H]1C[C@@H]2CN(C(=O)Cc2ccncc2)C1.O=CO. The molecule has 2 aliphatic rings. The summed E-state index contributed by atoms with van der Waals surface area (Å²) in [6.07, 6.45) is 4.92. The second kappa shape index (κ2) is 9.67. The summed E-state index contributed by atoms with van der Waals surface area (Å²) in [4.78, 5) is 42.0. The monoisotopic (exact) mass is 412 g/mol. The second-order valence-electron chi connectivity index (χ2n) is 8.17. The maximum atomic E-state index is 12.9. The predicted molar refractivity (Wildman–Crippen MR) is 112 cm³/mol. The van der Waals surface area contributed by atoms with E-state index in [1.54, 1.807) is 12.4 Å². The van der Waals surface area contributed by atoms with Gasteiger partial charge < -0.3 is 19.5 Å². The Kier molecular flexibility index (Phi) is 6.99. The van der Waals surface area contributed by atoms with Crippen molar-refractivity contribution in [1.29, 1.82) is 0 Å². The number of amides is 1. The highest BCUT2D eigenvalue weighted by molar-refractivity contribution is 5.79. The molecule has 1 amide bonds. The zero-order chi connectivity index (χ0) is 21.7. The molecular formula is C22H28N4O4. The first-order valence-corrected chi connectivity index (χ1v) is 10.0. The minimum Gasteiger partial charge on any atom is -0.483 e. The molecule has 1 N–H and O–H groups in total. The van der Waals surface area contributed by atoms with Gasteiger partial charge in [-0.2, -0.15) is 0 Å². The zero-order valence-corrected chi connectivity index (χ0v) is 17.4. The van der Waals surface area contributed by atoms with Crippen LogP contribution in [0.2, 0.25) is 0 Å². The summed E-state index contributed by atoms with van der Waals surface area (Å²) < 4.78 is 1.96. The van der Waals surface area contributed by atoms with Crippen LogP contribution in [0.3, 0.4) is 0 Å². The molecule has 0 radical (unpaired) electrons. The smallest absolute Gasteiger partial charge is 0.290 e. The molecule has 4 heterocycles. The molecular weight excluding hydrogens is 384 g/mol. The number of nitrogens with zero attached hydrogens (tertiary/aromatic N) is 4. The van der Waals surface area contributed by atoms with Gasteiger partial charge >= 0.3 is 0 Å². The third kappa shape index (κ3) is 4.94. The van der Waals surface area contributed by atoms with Crippen molar-refractivity contribution < 1.29 is 14.7 Å². The molecule has 0 aromatic carbocycles. The number of aromatic nitrogens is 2. The number of rotatable bonds is 4. The summed E-state index contributed by atoms with van der Waals surface area (Å²) in [6, 6.07) is 7.85. The van der Waals surface area contributed by atoms with Crippen LogP contribution in [0.1, 0.15) is 29.2 Å². The van der Waals surface area contributed by atoms with E-state index in [9.17, 15) is 9.59 Å². The minimum absolute atomic E-state index is 0.132. The quantitative estimate of drug-likeness (QED) is 0.758. The van der Waals surface area contributed by atoms with Gasteiger partial charge in [0, 0.05) is 55.7 Å². The topological polar surface area (TPSA) is 95.7 Å². The average Bonchev–Trinajstić information content (AvgIpc) is 2.71. The molecule has 0 saturated carbocycles. The fraction of sp³-hybridized carbons (Fsp3) is 0.455. The molecule has 8 nitrogen and oxygen atoms in total. The van der Waals surface area contributed by atoms with Gasteiger partial charge in [-0.1, -0.05) is 6.07 Å². The molecule has 2 atom stereocenters. The van der Waals surface area contributed by atoms with Gasteiger partial charge in [0.2, 0.25) is 5.91 Å². The van der Waals surface area contributed by atoms with E-state index in [-0.39, 0.29) is 23.9 Å². The lowest BCUT2D eigenvalue weighted by Gasteiger charge is -2.43. The number of pyridine rings is 2. The Bertz CT molecular complexity index is 942. The highest BCUT2D eigenvalue weighted by Gasteiger charge is 2.36. The Morgan fingerprint density at radius 2 is 1.90 bits per heavy atom. The third-order valence-corrected chi connectivity index (χ3v) is 5.63. The molecule has 160 valence electrons. The molecule has 4 rings (SSSR count). The van der Waals surface area contributed by atoms with Crippen LogP contribution < -0.4 is 5.56 Å². The number of hydrogen-bond acceptors (Lipinski definition) is 5. The Hall–Kier alpha value is -3.00. The normalized spacial score (nSPS) is 19.5. The first-order chi connectivity index (χ1) is 14.4. The summed E-state index contributed by atoms with van der Waals surface area (Å²) in [6.45, 7) is 2.56. The van der Waals surface area contributed by atoms with E-state index in [0.717, 1.165) is 29.8 Å². The van der Waals surface area contributed by atoms with Crippen molar-refractivity contribution in [2.45, 2.75) is 31.8 Å². The number of fused-ring (bicyclic) bond motifs is 4. The molecule has 2 bridgehead atoms. The van der Waals surface area contributed by atoms with E-state index in [1.807, 2.05) is 46.7 Å². The van der Waals surface area contributed by atoms with Crippen LogP contribution in [0.15, 0.2) is 41.5 Å². The van der Waals surface area contributed by atoms with E-state index in [0.29, 0.717) is 32.0 Å². The number of carbonyl (C=O) groups excluding carboxylic acids is 1. The number of piperidine rings is 1. The summed E-state index contributed by atoms with van der Waals surface area (Å²) in [5.41, 5.74) is 3.05. The zero-order valence-electron chi connectivity index (χ0n) is 17.4. The molecule has 1 fully saturated rings. The van der Waals surface area contributed by atoms with Gasteiger partial charge in [0.15, 0.2) is 0 Å². The highest BCUT2D eigenvalue weighted by Crippen LogP contribution is 2.35. The fourth-order valence-electron chi connectivity index (χ4n) is 4.44. The molecule has 0 spiro atoms. The van der Waals surface area contributed by atoms with Crippen molar-refractivity contribution in [2.24, 2.45) is 5.92 Å². The van der Waals surface area contributed by atoms with Crippen LogP contribution >= 0.6 is 0 Å². The lowest BCUT2D eigenvalue weighted by Crippen LogP contribution is -2.49. The molecule has 0 unspecified atom stereocenters. The van der Waals surface area contributed by atoms with Crippen molar-refractivity contribution in [2.75, 3.05) is 27.2 Å². The number of hydrogen-bond donors (Lipinski definition) is 1. The summed E-state index contributed by atoms with van der Waals surface area (Å²) in [5.74, 6) is 0.765. The molecule has 1 saturated heterocycles. The molecule has 0 aliphatic carbocycles. The van der Waals surface area contributed by atoms with Gasteiger partial charge in [-0.15, -0.1) is 0 Å². The Balaban J connectivity index is 0.000000806. The molecule has 8 heteroatoms. The van der Waals surface area contributed by atoms with Crippen LogP contribution in [0.5, 0.6) is 0 Å². The van der Waals surface area contributed by atoms with Crippen molar-refractivity contribution in [3.8, 4) is 0 Å². The van der Waals surface area contributed by atoms with E-state index in [2.05, 4.69) is 11.1 Å². The van der Waals surface area contributed by atoms with E-state index in [4.69, 9.17) is 9.90 Å². The van der Waals surface area contributed by atoms with Gasteiger partial charge in [-0.05, 0) is 50.2 Å². The van der Waals surface area contributed by atoms with Gasteiger partial charge in [-0.3, -0.25) is 19.4 Å². The summed E-state index contributed by atoms with van der Waals surface area (Å²) in [7, 11) is 3.95. The summed E-state index contributed by atoms with van der Waals surface area (Å²) >= 11 is 0. The van der Waals surface area contributed by atoms with Gasteiger partial charge in [0.1, 0.15) is 0 Å². The van der Waals surface area contributed by atoms with Crippen molar-refractivity contribution in [3.63, 3.8) is 0 Å². The lowest BCUT2D eigenvalue weighted by atomic mass is 9.82. The van der Waals surface area contributed by atoms with Gasteiger partial charge in [0.25, 0.3) is 12.0 Å². The van der Waals surface area contributed by atoms with Crippen molar-refractivity contribution in [1.82, 2.24) is 19.4 Å². The van der Waals surface area contributed by atoms with Crippen LogP contribution in [0, 0.1) is 5.92 Å². The van der Waals surface area contributed by atoms with Crippen LogP contribution in [-0.4, -0.2) is 64.0 Å². The Labute approximate surface area is 175 Å². The first kappa shape index (κ1) is 21.7. The number of carboxylic acid groups (broad SMARTS) is 1. The molecule has 2 aromatic rings. The van der Waals surface area contributed by atoms with Crippen LogP contribution in [0.25, 0.3) is 0 Å². The molecule has 30 heavy (non-hydrogen) atoms. The first-order valence-electron chi connectivity index (χ1n) is 10.0. The summed E-state index contributed by atoms with van der Waals surface area (Å²) in [5, 5.41) is 6.89. The van der Waals surface area contributed by atoms with Crippen LogP contribution in [0.4, 0.5) is 0 Å². The maximum Gasteiger partial charge on any atom is 0.290 e. The third-order valence-electron chi connectivity index (χ3n) is 5.63.